The maximum atomic E-state index is 13.2. The van der Waals surface area contributed by atoms with E-state index in [0.717, 1.165) is 29.0 Å². The van der Waals surface area contributed by atoms with Crippen molar-refractivity contribution in [3.8, 4) is 5.75 Å². The zero-order valence-electron chi connectivity index (χ0n) is 19.0. The van der Waals surface area contributed by atoms with Crippen LogP contribution in [0.5, 0.6) is 5.75 Å². The molecule has 8 heteroatoms. The number of aryl methyl sites for hydroxylation is 2. The van der Waals surface area contributed by atoms with E-state index in [1.165, 1.54) is 37.1 Å². The van der Waals surface area contributed by atoms with Crippen molar-refractivity contribution >= 4 is 33.2 Å². The van der Waals surface area contributed by atoms with Gasteiger partial charge < -0.3 is 10.1 Å². The summed E-state index contributed by atoms with van der Waals surface area (Å²) in [5.41, 5.74) is 4.06. The van der Waals surface area contributed by atoms with Gasteiger partial charge in [-0.1, -0.05) is 36.7 Å². The summed E-state index contributed by atoms with van der Waals surface area (Å²) in [4.78, 5) is 13.2. The van der Waals surface area contributed by atoms with E-state index in [1.54, 1.807) is 19.1 Å². The molecule has 2 aromatic rings. The van der Waals surface area contributed by atoms with Gasteiger partial charge >= 0.3 is 0 Å². The lowest BCUT2D eigenvalue weighted by Gasteiger charge is -2.31. The molecular weight excluding hydrogens is 448 g/mol. The van der Waals surface area contributed by atoms with Crippen LogP contribution in [-0.2, 0) is 27.7 Å². The summed E-state index contributed by atoms with van der Waals surface area (Å²) in [6.45, 7) is 3.71. The van der Waals surface area contributed by atoms with Gasteiger partial charge in [-0.15, -0.1) is 0 Å². The SMILES string of the molecule is CC[C@@H](C(=O)N[C@@H](C)c1ccc2c(c1)CCCC2)N(c1ccc(OC)c(Cl)c1)S(C)(=O)=O. The van der Waals surface area contributed by atoms with Crippen molar-refractivity contribution in [3.05, 3.63) is 58.1 Å². The lowest BCUT2D eigenvalue weighted by atomic mass is 9.89. The number of anilines is 1. The first-order valence-electron chi connectivity index (χ1n) is 10.9. The monoisotopic (exact) mass is 478 g/mol. The maximum Gasteiger partial charge on any atom is 0.244 e. The molecule has 0 saturated carbocycles. The minimum Gasteiger partial charge on any atom is -0.495 e. The molecule has 6 nitrogen and oxygen atoms in total. The van der Waals surface area contributed by atoms with Gasteiger partial charge in [-0.05, 0) is 73.9 Å². The number of sulfonamides is 1. The maximum absolute atomic E-state index is 13.2. The molecule has 0 fully saturated rings. The molecular formula is C24H31ClN2O4S. The number of hydrogen-bond donors (Lipinski definition) is 1. The Morgan fingerprint density at radius 3 is 2.44 bits per heavy atom. The molecule has 32 heavy (non-hydrogen) atoms. The molecule has 0 radical (unpaired) electrons. The molecule has 0 bridgehead atoms. The minimum atomic E-state index is -3.75. The highest BCUT2D eigenvalue weighted by Crippen LogP contribution is 2.32. The predicted molar refractivity (Wildman–Crippen MR) is 129 cm³/mol. The van der Waals surface area contributed by atoms with Crippen molar-refractivity contribution < 1.29 is 17.9 Å². The van der Waals surface area contributed by atoms with E-state index >= 15 is 0 Å². The Balaban J connectivity index is 1.85. The summed E-state index contributed by atoms with van der Waals surface area (Å²) in [5, 5.41) is 3.29. The number of carbonyl (C=O) groups excluding carboxylic acids is 1. The van der Waals surface area contributed by atoms with Gasteiger partial charge in [0.15, 0.2) is 0 Å². The van der Waals surface area contributed by atoms with Gasteiger partial charge in [0.25, 0.3) is 0 Å². The van der Waals surface area contributed by atoms with Crippen LogP contribution >= 0.6 is 11.6 Å². The first-order chi connectivity index (χ1) is 15.2. The fraction of sp³-hybridized carbons (Fsp3) is 0.458. The molecule has 1 aliphatic rings. The third-order valence-electron chi connectivity index (χ3n) is 5.95. The fourth-order valence-corrected chi connectivity index (χ4v) is 5.72. The van der Waals surface area contributed by atoms with Crippen LogP contribution < -0.4 is 14.4 Å². The van der Waals surface area contributed by atoms with Crippen molar-refractivity contribution in [2.75, 3.05) is 17.7 Å². The van der Waals surface area contributed by atoms with E-state index in [-0.39, 0.29) is 17.0 Å². The first kappa shape index (κ1) is 24.4. The number of methoxy groups -OCH3 is 1. The second kappa shape index (κ2) is 10.1. The first-order valence-corrected chi connectivity index (χ1v) is 13.1. The minimum absolute atomic E-state index is 0.246. The van der Waals surface area contributed by atoms with Crippen LogP contribution in [0.4, 0.5) is 5.69 Å². The van der Waals surface area contributed by atoms with Crippen molar-refractivity contribution in [3.63, 3.8) is 0 Å². The van der Waals surface area contributed by atoms with Crippen LogP contribution in [0.25, 0.3) is 0 Å². The number of benzene rings is 2. The lowest BCUT2D eigenvalue weighted by Crippen LogP contribution is -2.49. The van der Waals surface area contributed by atoms with Gasteiger partial charge in [0, 0.05) is 0 Å². The Labute approximate surface area is 196 Å². The average molecular weight is 479 g/mol. The standard InChI is InChI=1S/C24H31ClN2O4S/c1-5-22(27(32(4,29)30)20-12-13-23(31-3)21(25)15-20)24(28)26-16(2)18-11-10-17-8-6-7-9-19(17)14-18/h10-16,22H,5-9H2,1-4H3,(H,26,28)/t16-,22-/m0/s1. The summed E-state index contributed by atoms with van der Waals surface area (Å²) in [6, 6.07) is 9.89. The topological polar surface area (TPSA) is 75.7 Å². The van der Waals surface area contributed by atoms with Crippen LogP contribution in [0.15, 0.2) is 36.4 Å². The van der Waals surface area contributed by atoms with Crippen molar-refractivity contribution in [1.29, 1.82) is 0 Å². The third-order valence-corrected chi connectivity index (χ3v) is 7.43. The molecule has 0 aromatic heterocycles. The van der Waals surface area contributed by atoms with Gasteiger partial charge in [0.05, 0.1) is 30.1 Å². The Hall–Kier alpha value is -2.25. The number of nitrogens with zero attached hydrogens (tertiary/aromatic N) is 1. The van der Waals surface area contributed by atoms with Gasteiger partial charge in [-0.2, -0.15) is 0 Å². The van der Waals surface area contributed by atoms with E-state index in [0.29, 0.717) is 17.9 Å². The molecule has 3 rings (SSSR count). The second-order valence-corrected chi connectivity index (χ2v) is 10.5. The van der Waals surface area contributed by atoms with Gasteiger partial charge in [0.1, 0.15) is 11.8 Å². The molecule has 174 valence electrons. The zero-order valence-corrected chi connectivity index (χ0v) is 20.6. The van der Waals surface area contributed by atoms with Gasteiger partial charge in [-0.3, -0.25) is 9.10 Å². The normalized spacial score (nSPS) is 15.4. The molecule has 0 aliphatic heterocycles. The molecule has 2 atom stereocenters. The summed E-state index contributed by atoms with van der Waals surface area (Å²) >= 11 is 6.23. The van der Waals surface area contributed by atoms with Crippen molar-refractivity contribution in [2.45, 2.75) is 58.0 Å². The Morgan fingerprint density at radius 1 is 1.16 bits per heavy atom. The number of rotatable bonds is 8. The number of carbonyl (C=O) groups is 1. The molecule has 1 aliphatic carbocycles. The third kappa shape index (κ3) is 5.38. The second-order valence-electron chi connectivity index (χ2n) is 8.27. The number of halogens is 1. The van der Waals surface area contributed by atoms with E-state index in [4.69, 9.17) is 16.3 Å². The molecule has 1 N–H and O–H groups in total. The molecule has 1 amide bonds. The molecule has 0 saturated heterocycles. The van der Waals surface area contributed by atoms with Crippen LogP contribution in [0.1, 0.15) is 55.8 Å². The molecule has 0 heterocycles. The van der Waals surface area contributed by atoms with Crippen LogP contribution in [0.2, 0.25) is 5.02 Å². The highest BCUT2D eigenvalue weighted by molar-refractivity contribution is 7.92. The van der Waals surface area contributed by atoms with E-state index in [9.17, 15) is 13.2 Å². The quantitative estimate of drug-likeness (QED) is 0.599. The number of fused-ring (bicyclic) bond motifs is 1. The zero-order chi connectivity index (χ0) is 23.5. The number of hydrogen-bond acceptors (Lipinski definition) is 4. The van der Waals surface area contributed by atoms with Gasteiger partial charge in [0.2, 0.25) is 15.9 Å². The number of ether oxygens (including phenoxy) is 1. The average Bonchev–Trinajstić information content (AvgIpc) is 2.75. The largest absolute Gasteiger partial charge is 0.495 e. The lowest BCUT2D eigenvalue weighted by molar-refractivity contribution is -0.122. The van der Waals surface area contributed by atoms with E-state index in [1.807, 2.05) is 13.0 Å². The molecule has 2 aromatic carbocycles. The number of amides is 1. The molecule has 0 spiro atoms. The van der Waals surface area contributed by atoms with Crippen LogP contribution in [-0.4, -0.2) is 33.7 Å². The predicted octanol–water partition coefficient (Wildman–Crippen LogP) is 4.65. The van der Waals surface area contributed by atoms with Gasteiger partial charge in [-0.25, -0.2) is 8.42 Å². The van der Waals surface area contributed by atoms with Crippen molar-refractivity contribution in [1.82, 2.24) is 5.32 Å². The summed E-state index contributed by atoms with van der Waals surface area (Å²) < 4.78 is 31.7. The number of nitrogens with one attached hydrogen (secondary N) is 1. The van der Waals surface area contributed by atoms with E-state index < -0.39 is 16.1 Å². The molecule has 0 unspecified atom stereocenters. The van der Waals surface area contributed by atoms with E-state index in [2.05, 4.69) is 17.4 Å². The Kier molecular flexibility index (Phi) is 7.72. The Bertz CT molecular complexity index is 1090. The fourth-order valence-electron chi connectivity index (χ4n) is 4.27. The van der Waals surface area contributed by atoms with Crippen LogP contribution in [0, 0.1) is 0 Å². The summed E-state index contributed by atoms with van der Waals surface area (Å²) in [5.74, 6) is 0.0810. The Morgan fingerprint density at radius 2 is 1.84 bits per heavy atom. The summed E-state index contributed by atoms with van der Waals surface area (Å²) in [7, 11) is -2.26. The summed E-state index contributed by atoms with van der Waals surface area (Å²) in [6.07, 6.45) is 5.95. The highest BCUT2D eigenvalue weighted by atomic mass is 35.5. The van der Waals surface area contributed by atoms with Crippen molar-refractivity contribution in [2.24, 2.45) is 0 Å². The van der Waals surface area contributed by atoms with Crippen LogP contribution in [0.3, 0.4) is 0 Å². The highest BCUT2D eigenvalue weighted by Gasteiger charge is 2.32. The smallest absolute Gasteiger partial charge is 0.244 e.